The predicted molar refractivity (Wildman–Crippen MR) is 86.1 cm³/mol. The summed E-state index contributed by atoms with van der Waals surface area (Å²) in [6.07, 6.45) is 2.47. The third-order valence-corrected chi connectivity index (χ3v) is 4.53. The number of nitrogens with one attached hydrogen (secondary N) is 1. The fraction of sp³-hybridized carbons (Fsp3) is 0.353. The van der Waals surface area contributed by atoms with Crippen molar-refractivity contribution in [1.82, 2.24) is 10.2 Å². The highest BCUT2D eigenvalue weighted by Crippen LogP contribution is 2.31. The van der Waals surface area contributed by atoms with E-state index in [0.29, 0.717) is 11.3 Å². The first-order valence-corrected chi connectivity index (χ1v) is 7.74. The second kappa shape index (κ2) is 6.15. The van der Waals surface area contributed by atoms with E-state index >= 15 is 0 Å². The molecule has 22 heavy (non-hydrogen) atoms. The third-order valence-electron chi connectivity index (χ3n) is 4.28. The van der Waals surface area contributed by atoms with Crippen LogP contribution in [0.1, 0.15) is 34.1 Å². The van der Waals surface area contributed by atoms with E-state index in [1.54, 1.807) is 19.3 Å². The molecule has 0 saturated carbocycles. The Balaban J connectivity index is 1.79. The number of rotatable bonds is 3. The average Bonchev–Trinajstić information content (AvgIpc) is 3.07. The van der Waals surface area contributed by atoms with E-state index in [-0.39, 0.29) is 18.0 Å². The van der Waals surface area contributed by atoms with Crippen LogP contribution in [0.25, 0.3) is 0 Å². The Morgan fingerprint density at radius 3 is 2.68 bits per heavy atom. The largest absolute Gasteiger partial charge is 0.469 e. The van der Waals surface area contributed by atoms with E-state index in [4.69, 9.17) is 16.0 Å². The summed E-state index contributed by atoms with van der Waals surface area (Å²) in [6.45, 7) is 2.75. The number of likely N-dealkylation sites (N-methyl/N-ethyl adjacent to an activating group) is 1. The van der Waals surface area contributed by atoms with E-state index in [1.807, 2.05) is 24.3 Å². The molecule has 2 heterocycles. The molecule has 0 radical (unpaired) electrons. The van der Waals surface area contributed by atoms with Gasteiger partial charge in [0.05, 0.1) is 23.9 Å². The first kappa shape index (κ1) is 15.1. The maximum Gasteiger partial charge on any atom is 0.255 e. The number of carbonyl (C=O) groups excluding carboxylic acids is 1. The van der Waals surface area contributed by atoms with Crippen molar-refractivity contribution < 1.29 is 9.21 Å². The molecule has 1 N–H and O–H groups in total. The molecular formula is C17H19ClN2O2. The van der Waals surface area contributed by atoms with E-state index in [9.17, 15) is 4.79 Å². The minimum absolute atomic E-state index is 0.0768. The molecule has 0 aliphatic carbocycles. The standard InChI is InChI=1S/C17H19ClN2O2/c1-11-14(8-10-22-11)17(21)19-15-7-9-20(2)16(15)12-3-5-13(18)6-4-12/h3-6,8,10,15-16H,7,9H2,1-2H3,(H,19,21)/t15-,16-/m1/s1. The Labute approximate surface area is 135 Å². The minimum Gasteiger partial charge on any atom is -0.469 e. The fourth-order valence-electron chi connectivity index (χ4n) is 3.11. The first-order valence-electron chi connectivity index (χ1n) is 7.37. The molecule has 2 atom stereocenters. The van der Waals surface area contributed by atoms with Crippen molar-refractivity contribution in [1.29, 1.82) is 0 Å². The minimum atomic E-state index is -0.0782. The quantitative estimate of drug-likeness (QED) is 0.943. The molecule has 2 aromatic rings. The molecule has 5 heteroatoms. The lowest BCUT2D eigenvalue weighted by Crippen LogP contribution is -2.39. The van der Waals surface area contributed by atoms with Gasteiger partial charge in [-0.1, -0.05) is 23.7 Å². The number of nitrogens with zero attached hydrogens (tertiary/aromatic N) is 1. The third kappa shape index (κ3) is 2.89. The van der Waals surface area contributed by atoms with Gasteiger partial charge in [-0.15, -0.1) is 0 Å². The zero-order valence-corrected chi connectivity index (χ0v) is 13.4. The number of carbonyl (C=O) groups is 1. The van der Waals surface area contributed by atoms with Gasteiger partial charge in [-0.05, 0) is 44.2 Å². The molecule has 1 aliphatic heterocycles. The molecule has 0 bridgehead atoms. The highest BCUT2D eigenvalue weighted by molar-refractivity contribution is 6.30. The second-order valence-corrected chi connectivity index (χ2v) is 6.17. The van der Waals surface area contributed by atoms with E-state index < -0.39 is 0 Å². The van der Waals surface area contributed by atoms with Crippen LogP contribution in [0.2, 0.25) is 5.02 Å². The zero-order valence-electron chi connectivity index (χ0n) is 12.7. The van der Waals surface area contributed by atoms with Gasteiger partial charge < -0.3 is 9.73 Å². The Bertz CT molecular complexity index is 666. The molecule has 4 nitrogen and oxygen atoms in total. The van der Waals surface area contributed by atoms with Gasteiger partial charge in [0, 0.05) is 11.6 Å². The SMILES string of the molecule is Cc1occc1C(=O)N[C@@H]1CCN(C)[C@@H]1c1ccc(Cl)cc1. The van der Waals surface area contributed by atoms with Gasteiger partial charge in [-0.2, -0.15) is 0 Å². The van der Waals surface area contributed by atoms with E-state index in [0.717, 1.165) is 18.0 Å². The van der Waals surface area contributed by atoms with Crippen molar-refractivity contribution in [2.24, 2.45) is 0 Å². The highest BCUT2D eigenvalue weighted by atomic mass is 35.5. The van der Waals surface area contributed by atoms with Gasteiger partial charge in [0.1, 0.15) is 5.76 Å². The van der Waals surface area contributed by atoms with Gasteiger partial charge >= 0.3 is 0 Å². The lowest BCUT2D eigenvalue weighted by Gasteiger charge is -2.26. The van der Waals surface area contributed by atoms with Crippen LogP contribution in [0.15, 0.2) is 41.0 Å². The molecule has 1 aromatic heterocycles. The van der Waals surface area contributed by atoms with Crippen molar-refractivity contribution in [3.8, 4) is 0 Å². The van der Waals surface area contributed by atoms with Gasteiger partial charge in [0.15, 0.2) is 0 Å². The molecule has 1 saturated heterocycles. The maximum absolute atomic E-state index is 12.4. The zero-order chi connectivity index (χ0) is 15.7. The first-order chi connectivity index (χ1) is 10.6. The summed E-state index contributed by atoms with van der Waals surface area (Å²) < 4.78 is 5.21. The summed E-state index contributed by atoms with van der Waals surface area (Å²) in [7, 11) is 2.08. The van der Waals surface area contributed by atoms with Crippen LogP contribution in [-0.4, -0.2) is 30.4 Å². The number of likely N-dealkylation sites (tertiary alicyclic amines) is 1. The lowest BCUT2D eigenvalue weighted by molar-refractivity contribution is 0.0926. The molecule has 1 amide bonds. The van der Waals surface area contributed by atoms with Crippen molar-refractivity contribution in [2.75, 3.05) is 13.6 Å². The summed E-state index contributed by atoms with van der Waals surface area (Å²) >= 11 is 5.97. The number of amides is 1. The van der Waals surface area contributed by atoms with Crippen molar-refractivity contribution >= 4 is 17.5 Å². The van der Waals surface area contributed by atoms with Crippen LogP contribution < -0.4 is 5.32 Å². The van der Waals surface area contributed by atoms with Crippen LogP contribution in [-0.2, 0) is 0 Å². The second-order valence-electron chi connectivity index (χ2n) is 5.74. The van der Waals surface area contributed by atoms with E-state index in [2.05, 4.69) is 17.3 Å². The molecule has 1 aromatic carbocycles. The maximum atomic E-state index is 12.4. The number of benzene rings is 1. The van der Waals surface area contributed by atoms with Gasteiger partial charge in [0.2, 0.25) is 0 Å². The molecule has 116 valence electrons. The van der Waals surface area contributed by atoms with Crippen LogP contribution >= 0.6 is 11.6 Å². The van der Waals surface area contributed by atoms with Gasteiger partial charge in [-0.25, -0.2) is 0 Å². The average molecular weight is 319 g/mol. The van der Waals surface area contributed by atoms with Crippen LogP contribution in [0.4, 0.5) is 0 Å². The summed E-state index contributed by atoms with van der Waals surface area (Å²) in [5, 5.41) is 3.86. The predicted octanol–water partition coefficient (Wildman–Crippen LogP) is 3.42. The fourth-order valence-corrected chi connectivity index (χ4v) is 3.24. The monoisotopic (exact) mass is 318 g/mol. The number of furan rings is 1. The highest BCUT2D eigenvalue weighted by Gasteiger charge is 2.34. The van der Waals surface area contributed by atoms with Gasteiger partial charge in [0.25, 0.3) is 5.91 Å². The summed E-state index contributed by atoms with van der Waals surface area (Å²) in [5.74, 6) is 0.567. The number of halogens is 1. The van der Waals surface area contributed by atoms with Crippen molar-refractivity contribution in [2.45, 2.75) is 25.4 Å². The number of hydrogen-bond acceptors (Lipinski definition) is 3. The van der Waals surface area contributed by atoms with Crippen LogP contribution in [0.3, 0.4) is 0 Å². The molecule has 1 aliphatic rings. The smallest absolute Gasteiger partial charge is 0.255 e. The lowest BCUT2D eigenvalue weighted by atomic mass is 10.00. The molecule has 1 fully saturated rings. The summed E-state index contributed by atoms with van der Waals surface area (Å²) in [6, 6.07) is 9.78. The molecule has 3 rings (SSSR count). The summed E-state index contributed by atoms with van der Waals surface area (Å²) in [5.41, 5.74) is 1.77. The molecule has 0 spiro atoms. The van der Waals surface area contributed by atoms with E-state index in [1.165, 1.54) is 5.56 Å². The number of aryl methyl sites for hydroxylation is 1. The Kier molecular flexibility index (Phi) is 4.23. The normalized spacial score (nSPS) is 22.0. The number of hydrogen-bond donors (Lipinski definition) is 1. The Hall–Kier alpha value is -1.78. The Morgan fingerprint density at radius 2 is 2.05 bits per heavy atom. The van der Waals surface area contributed by atoms with Gasteiger partial charge in [-0.3, -0.25) is 9.69 Å². The molecular weight excluding hydrogens is 300 g/mol. The molecule has 0 unspecified atom stereocenters. The summed E-state index contributed by atoms with van der Waals surface area (Å²) in [4.78, 5) is 14.7. The van der Waals surface area contributed by atoms with Crippen LogP contribution in [0.5, 0.6) is 0 Å². The van der Waals surface area contributed by atoms with Crippen LogP contribution in [0, 0.1) is 6.92 Å². The topological polar surface area (TPSA) is 45.5 Å². The van der Waals surface area contributed by atoms with Crippen molar-refractivity contribution in [3.63, 3.8) is 0 Å². The Morgan fingerprint density at radius 1 is 1.32 bits per heavy atom. The van der Waals surface area contributed by atoms with Crippen molar-refractivity contribution in [3.05, 3.63) is 58.5 Å².